The highest BCUT2D eigenvalue weighted by molar-refractivity contribution is 5.89. The Morgan fingerprint density at radius 3 is 2.57 bits per heavy atom. The summed E-state index contributed by atoms with van der Waals surface area (Å²) < 4.78 is 21.8. The average molecular weight is 324 g/mol. The summed E-state index contributed by atoms with van der Waals surface area (Å²) in [6.45, 7) is 3.19. The van der Waals surface area contributed by atoms with Gasteiger partial charge >= 0.3 is 5.97 Å². The fraction of sp³-hybridized carbons (Fsp3) is 0.562. The van der Waals surface area contributed by atoms with Crippen molar-refractivity contribution in [1.29, 1.82) is 0 Å². The van der Waals surface area contributed by atoms with Gasteiger partial charge in [0.05, 0.1) is 5.56 Å². The summed E-state index contributed by atoms with van der Waals surface area (Å²) in [5, 5.41) is 20.3. The highest BCUT2D eigenvalue weighted by Crippen LogP contribution is 2.36. The topological polar surface area (TPSA) is 94.5 Å². The molecule has 126 valence electrons. The van der Waals surface area contributed by atoms with Crippen molar-refractivity contribution in [2.45, 2.75) is 50.3 Å². The molecule has 2 fully saturated rings. The Bertz CT molecular complexity index is 559. The molecule has 2 aliphatic heterocycles. The molecule has 2 aliphatic rings. The number of hydrogen-bond donors (Lipinski definition) is 2. The highest BCUT2D eigenvalue weighted by Gasteiger charge is 2.53. The van der Waals surface area contributed by atoms with E-state index in [9.17, 15) is 15.0 Å². The van der Waals surface area contributed by atoms with Crippen molar-refractivity contribution in [1.82, 2.24) is 0 Å². The van der Waals surface area contributed by atoms with Crippen molar-refractivity contribution < 1.29 is 34.0 Å². The molecule has 2 saturated heterocycles. The van der Waals surface area contributed by atoms with Crippen molar-refractivity contribution in [3.8, 4) is 0 Å². The summed E-state index contributed by atoms with van der Waals surface area (Å²) in [5.41, 5.74) is 0.401. The first-order chi connectivity index (χ1) is 10.9. The van der Waals surface area contributed by atoms with Crippen LogP contribution in [0, 0.1) is 0 Å². The van der Waals surface area contributed by atoms with Crippen molar-refractivity contribution in [3.05, 3.63) is 35.9 Å². The second kappa shape index (κ2) is 6.18. The number of benzene rings is 1. The van der Waals surface area contributed by atoms with Crippen LogP contribution in [0.3, 0.4) is 0 Å². The third-order valence-electron chi connectivity index (χ3n) is 3.85. The number of ether oxygens (including phenoxy) is 4. The van der Waals surface area contributed by atoms with E-state index >= 15 is 0 Å². The number of esters is 1. The molecule has 0 aliphatic carbocycles. The van der Waals surface area contributed by atoms with Crippen molar-refractivity contribution in [3.63, 3.8) is 0 Å². The van der Waals surface area contributed by atoms with E-state index in [0.717, 1.165) is 0 Å². The van der Waals surface area contributed by atoms with Gasteiger partial charge in [0.15, 0.2) is 12.1 Å². The van der Waals surface area contributed by atoms with Gasteiger partial charge in [0, 0.05) is 0 Å². The molecule has 5 atom stereocenters. The number of rotatable bonds is 3. The van der Waals surface area contributed by atoms with Crippen LogP contribution in [0.1, 0.15) is 24.2 Å². The number of aliphatic hydroxyl groups excluding tert-OH is 2. The Morgan fingerprint density at radius 1 is 1.17 bits per heavy atom. The maximum atomic E-state index is 11.9. The summed E-state index contributed by atoms with van der Waals surface area (Å²) in [6.07, 6.45) is -4.91. The van der Waals surface area contributed by atoms with Crippen LogP contribution >= 0.6 is 0 Å². The van der Waals surface area contributed by atoms with Crippen LogP contribution in [0.15, 0.2) is 30.3 Å². The zero-order chi connectivity index (χ0) is 16.6. The first-order valence-corrected chi connectivity index (χ1v) is 7.47. The molecule has 1 aromatic carbocycles. The maximum Gasteiger partial charge on any atom is 0.338 e. The summed E-state index contributed by atoms with van der Waals surface area (Å²) in [4.78, 5) is 11.9. The van der Waals surface area contributed by atoms with Gasteiger partial charge < -0.3 is 29.2 Å². The van der Waals surface area contributed by atoms with Gasteiger partial charge in [0.2, 0.25) is 0 Å². The van der Waals surface area contributed by atoms with Crippen LogP contribution in [-0.4, -0.2) is 59.3 Å². The van der Waals surface area contributed by atoms with E-state index in [1.54, 1.807) is 44.2 Å². The van der Waals surface area contributed by atoms with Gasteiger partial charge in [-0.05, 0) is 26.0 Å². The summed E-state index contributed by atoms with van der Waals surface area (Å²) in [7, 11) is 0. The zero-order valence-corrected chi connectivity index (χ0v) is 12.9. The highest BCUT2D eigenvalue weighted by atomic mass is 16.8. The van der Waals surface area contributed by atoms with E-state index in [1.165, 1.54) is 0 Å². The molecule has 0 amide bonds. The van der Waals surface area contributed by atoms with Crippen LogP contribution in [0.25, 0.3) is 0 Å². The minimum atomic E-state index is -1.24. The lowest BCUT2D eigenvalue weighted by Gasteiger charge is -2.37. The molecular formula is C16H20O7. The molecule has 1 aromatic rings. The largest absolute Gasteiger partial charge is 0.459 e. The molecule has 0 unspecified atom stereocenters. The smallest absolute Gasteiger partial charge is 0.338 e. The van der Waals surface area contributed by atoms with E-state index in [1.807, 2.05) is 0 Å². The number of fused-ring (bicyclic) bond motifs is 1. The Hall–Kier alpha value is -1.51. The van der Waals surface area contributed by atoms with Gasteiger partial charge in [-0.1, -0.05) is 18.2 Å². The second-order valence-corrected chi connectivity index (χ2v) is 6.09. The molecule has 7 heteroatoms. The lowest BCUT2D eigenvalue weighted by atomic mass is 9.99. The third-order valence-corrected chi connectivity index (χ3v) is 3.85. The number of carbonyl (C=O) groups excluding carboxylic acids is 1. The summed E-state index contributed by atoms with van der Waals surface area (Å²) in [6, 6.07) is 8.50. The molecule has 2 N–H and O–H groups in total. The Kier molecular flexibility index (Phi) is 4.39. The van der Waals surface area contributed by atoms with E-state index in [2.05, 4.69) is 0 Å². The average Bonchev–Trinajstić information content (AvgIpc) is 2.84. The molecular weight excluding hydrogens is 304 g/mol. The van der Waals surface area contributed by atoms with E-state index in [0.29, 0.717) is 5.56 Å². The molecule has 0 saturated carbocycles. The molecule has 0 bridgehead atoms. The van der Waals surface area contributed by atoms with Crippen LogP contribution < -0.4 is 0 Å². The molecule has 23 heavy (non-hydrogen) atoms. The Balaban J connectivity index is 1.61. The maximum absolute atomic E-state index is 11.9. The monoisotopic (exact) mass is 324 g/mol. The fourth-order valence-corrected chi connectivity index (χ4v) is 2.71. The fourth-order valence-electron chi connectivity index (χ4n) is 2.71. The van der Waals surface area contributed by atoms with Gasteiger partial charge in [-0.25, -0.2) is 4.79 Å². The van der Waals surface area contributed by atoms with Gasteiger partial charge in [0.1, 0.15) is 31.0 Å². The molecule has 0 radical (unpaired) electrons. The lowest BCUT2D eigenvalue weighted by Crippen LogP contribution is -2.57. The van der Waals surface area contributed by atoms with E-state index in [4.69, 9.17) is 18.9 Å². The minimum Gasteiger partial charge on any atom is -0.459 e. The van der Waals surface area contributed by atoms with Crippen LogP contribution in [0.2, 0.25) is 0 Å². The zero-order valence-electron chi connectivity index (χ0n) is 12.9. The van der Waals surface area contributed by atoms with Gasteiger partial charge in [-0.15, -0.1) is 0 Å². The number of carbonyl (C=O) groups is 1. The van der Waals surface area contributed by atoms with Gasteiger partial charge in [-0.2, -0.15) is 0 Å². The first-order valence-electron chi connectivity index (χ1n) is 7.47. The van der Waals surface area contributed by atoms with Crippen LogP contribution in [0.4, 0.5) is 0 Å². The quantitative estimate of drug-likeness (QED) is 0.779. The van der Waals surface area contributed by atoms with Crippen molar-refractivity contribution >= 4 is 5.97 Å². The lowest BCUT2D eigenvalue weighted by molar-refractivity contribution is -0.256. The first kappa shape index (κ1) is 16.4. The van der Waals surface area contributed by atoms with E-state index in [-0.39, 0.29) is 6.61 Å². The predicted octanol–water partition coefficient (Wildman–Crippen LogP) is 0.442. The summed E-state index contributed by atoms with van der Waals surface area (Å²) in [5.74, 6) is -1.44. The SMILES string of the molecule is CC1(C)O[C@H]2O[C@H](COC(=O)c3ccccc3)[C@H](O)[C@@H](O)[C@H]2O1. The standard InChI is InChI=1S/C16H20O7/c1-16(2)22-13-12(18)11(17)10(21-15(13)23-16)8-20-14(19)9-6-4-3-5-7-9/h3-7,10-13,15,17-18H,8H2,1-2H3/t10-,11+,12-,13-,15-/m1/s1. The Morgan fingerprint density at radius 2 is 1.87 bits per heavy atom. The molecule has 3 rings (SSSR count). The third kappa shape index (κ3) is 3.39. The van der Waals surface area contributed by atoms with Crippen LogP contribution in [-0.2, 0) is 18.9 Å². The molecule has 7 nitrogen and oxygen atoms in total. The number of aliphatic hydroxyl groups is 2. The predicted molar refractivity (Wildman–Crippen MR) is 77.4 cm³/mol. The van der Waals surface area contributed by atoms with Crippen molar-refractivity contribution in [2.75, 3.05) is 6.61 Å². The molecule has 0 spiro atoms. The number of hydrogen-bond acceptors (Lipinski definition) is 7. The molecule has 0 aromatic heterocycles. The van der Waals surface area contributed by atoms with E-state index < -0.39 is 42.5 Å². The summed E-state index contributed by atoms with van der Waals surface area (Å²) >= 11 is 0. The normalized spacial score (nSPS) is 35.6. The van der Waals surface area contributed by atoms with Crippen molar-refractivity contribution in [2.24, 2.45) is 0 Å². The molecule has 2 heterocycles. The Labute approximate surface area is 133 Å². The van der Waals surface area contributed by atoms with Crippen LogP contribution in [0.5, 0.6) is 0 Å². The minimum absolute atomic E-state index is 0.195. The van der Waals surface area contributed by atoms with Gasteiger partial charge in [-0.3, -0.25) is 0 Å². The van der Waals surface area contributed by atoms with Gasteiger partial charge in [0.25, 0.3) is 0 Å². The second-order valence-electron chi connectivity index (χ2n) is 6.09.